The minimum absolute atomic E-state index is 0.0225. The van der Waals surface area contributed by atoms with Crippen LogP contribution in [0.5, 0.6) is 5.75 Å². The van der Waals surface area contributed by atoms with Crippen molar-refractivity contribution in [3.63, 3.8) is 0 Å². The van der Waals surface area contributed by atoms with E-state index in [1.807, 2.05) is 32.0 Å². The van der Waals surface area contributed by atoms with Gasteiger partial charge in [-0.1, -0.05) is 41.1 Å². The molecular weight excluding hydrogens is 381 g/mol. The molecule has 0 bridgehead atoms. The highest BCUT2D eigenvalue weighted by Crippen LogP contribution is 2.40. The zero-order valence-electron chi connectivity index (χ0n) is 15.7. The number of oxime groups is 1. The van der Waals surface area contributed by atoms with Crippen LogP contribution in [0.2, 0.25) is 0 Å². The highest BCUT2D eigenvalue weighted by molar-refractivity contribution is 6.01. The molecule has 0 fully saturated rings. The Hall–Kier alpha value is -3.48. The molecule has 0 spiro atoms. The molecule has 3 aromatic rings. The number of phenols is 1. The van der Waals surface area contributed by atoms with Crippen LogP contribution in [0.25, 0.3) is 22.3 Å². The molecule has 0 saturated carbocycles. The summed E-state index contributed by atoms with van der Waals surface area (Å²) < 4.78 is 40.1. The second kappa shape index (κ2) is 7.50. The number of amidine groups is 1. The molecule has 0 unspecified atom stereocenters. The number of aromatic hydroxyl groups is 1. The van der Waals surface area contributed by atoms with Gasteiger partial charge in [-0.05, 0) is 65.9 Å². The Morgan fingerprint density at radius 1 is 0.897 bits per heavy atom. The Morgan fingerprint density at radius 2 is 1.62 bits per heavy atom. The quantitative estimate of drug-likeness (QED) is 0.237. The van der Waals surface area contributed by atoms with Gasteiger partial charge in [0.1, 0.15) is 5.75 Å². The molecule has 0 heterocycles. The highest BCUT2D eigenvalue weighted by atomic mass is 19.4. The molecule has 0 aromatic heterocycles. The summed E-state index contributed by atoms with van der Waals surface area (Å²) in [7, 11) is 0. The van der Waals surface area contributed by atoms with Crippen LogP contribution in [-0.2, 0) is 6.18 Å². The average molecular weight is 400 g/mol. The normalized spacial score (nSPS) is 12.2. The summed E-state index contributed by atoms with van der Waals surface area (Å²) in [4.78, 5) is 0. The van der Waals surface area contributed by atoms with Gasteiger partial charge in [0.2, 0.25) is 0 Å². The van der Waals surface area contributed by atoms with Crippen molar-refractivity contribution in [2.24, 2.45) is 10.9 Å². The zero-order chi connectivity index (χ0) is 21.3. The third-order valence-electron chi connectivity index (χ3n) is 4.72. The minimum Gasteiger partial charge on any atom is -0.507 e. The highest BCUT2D eigenvalue weighted by Gasteiger charge is 2.31. The van der Waals surface area contributed by atoms with Crippen LogP contribution in [0, 0.1) is 13.8 Å². The molecule has 0 atom stereocenters. The smallest absolute Gasteiger partial charge is 0.416 e. The van der Waals surface area contributed by atoms with E-state index in [1.54, 1.807) is 0 Å². The molecule has 0 saturated heterocycles. The maximum absolute atomic E-state index is 13.4. The van der Waals surface area contributed by atoms with Gasteiger partial charge in [0.25, 0.3) is 0 Å². The molecule has 3 rings (SSSR count). The topological polar surface area (TPSA) is 78.8 Å². The predicted molar refractivity (Wildman–Crippen MR) is 106 cm³/mol. The third-order valence-corrected chi connectivity index (χ3v) is 4.72. The van der Waals surface area contributed by atoms with E-state index in [4.69, 9.17) is 10.9 Å². The van der Waals surface area contributed by atoms with E-state index in [2.05, 4.69) is 5.16 Å². The SMILES string of the molecule is Cc1ccc(C)c(-c2ccc(C(F)(F)F)cc2-c2ccc(O)c(C(N)=NO)c2)c1. The van der Waals surface area contributed by atoms with E-state index in [-0.39, 0.29) is 17.1 Å². The Labute approximate surface area is 165 Å². The molecule has 0 aliphatic heterocycles. The van der Waals surface area contributed by atoms with Crippen molar-refractivity contribution in [3.8, 4) is 28.0 Å². The molecule has 0 aliphatic carbocycles. The van der Waals surface area contributed by atoms with E-state index in [1.165, 1.54) is 24.3 Å². The number of alkyl halides is 3. The first kappa shape index (κ1) is 20.3. The lowest BCUT2D eigenvalue weighted by atomic mass is 9.89. The second-order valence-electron chi connectivity index (χ2n) is 6.79. The van der Waals surface area contributed by atoms with Crippen molar-refractivity contribution in [2.75, 3.05) is 0 Å². The summed E-state index contributed by atoms with van der Waals surface area (Å²) in [6.07, 6.45) is -4.51. The Bertz CT molecular complexity index is 1110. The molecule has 4 nitrogen and oxygen atoms in total. The van der Waals surface area contributed by atoms with Crippen molar-refractivity contribution >= 4 is 5.84 Å². The van der Waals surface area contributed by atoms with E-state index in [0.29, 0.717) is 16.7 Å². The van der Waals surface area contributed by atoms with E-state index < -0.39 is 11.7 Å². The summed E-state index contributed by atoms with van der Waals surface area (Å²) in [5.41, 5.74) is 8.83. The maximum atomic E-state index is 13.4. The van der Waals surface area contributed by atoms with Crippen LogP contribution in [0.3, 0.4) is 0 Å². The lowest BCUT2D eigenvalue weighted by Gasteiger charge is -2.17. The summed E-state index contributed by atoms with van der Waals surface area (Å²) in [6.45, 7) is 3.79. The van der Waals surface area contributed by atoms with Gasteiger partial charge in [0, 0.05) is 0 Å². The number of phenolic OH excluding ortho intramolecular Hbond substituents is 1. The molecule has 0 aliphatic rings. The molecular formula is C22H19F3N2O2. The molecule has 0 radical (unpaired) electrons. The number of halogens is 3. The van der Waals surface area contributed by atoms with Crippen LogP contribution in [-0.4, -0.2) is 16.1 Å². The summed E-state index contributed by atoms with van der Waals surface area (Å²) in [5.74, 6) is -0.589. The average Bonchev–Trinajstić information content (AvgIpc) is 2.68. The van der Waals surface area contributed by atoms with Crippen molar-refractivity contribution in [2.45, 2.75) is 20.0 Å². The fraction of sp³-hybridized carbons (Fsp3) is 0.136. The van der Waals surface area contributed by atoms with Crippen LogP contribution >= 0.6 is 0 Å². The van der Waals surface area contributed by atoms with Gasteiger partial charge in [0.05, 0.1) is 11.1 Å². The zero-order valence-corrected chi connectivity index (χ0v) is 15.7. The third kappa shape index (κ3) is 4.03. The maximum Gasteiger partial charge on any atom is 0.416 e. The van der Waals surface area contributed by atoms with Gasteiger partial charge < -0.3 is 16.0 Å². The summed E-state index contributed by atoms with van der Waals surface area (Å²) in [5, 5.41) is 21.8. The number of nitrogens with two attached hydrogens (primary N) is 1. The van der Waals surface area contributed by atoms with Crippen LogP contribution in [0.15, 0.2) is 59.8 Å². The Morgan fingerprint density at radius 3 is 2.28 bits per heavy atom. The second-order valence-corrected chi connectivity index (χ2v) is 6.79. The standard InChI is InChI=1S/C22H19F3N2O2/c1-12-3-4-13(2)17(9-12)16-7-6-15(22(23,24)25)11-18(16)14-5-8-20(28)19(10-14)21(26)27-29/h3-11,28-29H,1-2H3,(H2,26,27). The van der Waals surface area contributed by atoms with Crippen molar-refractivity contribution in [1.82, 2.24) is 0 Å². The number of aryl methyl sites for hydroxylation is 2. The predicted octanol–water partition coefficient (Wildman–Crippen LogP) is 5.46. The number of hydrogen-bond acceptors (Lipinski definition) is 3. The fourth-order valence-corrected chi connectivity index (χ4v) is 3.18. The van der Waals surface area contributed by atoms with Crippen molar-refractivity contribution < 1.29 is 23.5 Å². The first-order valence-electron chi connectivity index (χ1n) is 8.72. The van der Waals surface area contributed by atoms with E-state index >= 15 is 0 Å². The molecule has 0 amide bonds. The van der Waals surface area contributed by atoms with Gasteiger partial charge in [-0.15, -0.1) is 0 Å². The molecule has 4 N–H and O–H groups in total. The first-order chi connectivity index (χ1) is 13.6. The summed E-state index contributed by atoms with van der Waals surface area (Å²) >= 11 is 0. The first-order valence-corrected chi connectivity index (χ1v) is 8.72. The van der Waals surface area contributed by atoms with Gasteiger partial charge in [-0.25, -0.2) is 0 Å². The largest absolute Gasteiger partial charge is 0.507 e. The molecule has 150 valence electrons. The van der Waals surface area contributed by atoms with Crippen LogP contribution in [0.1, 0.15) is 22.3 Å². The summed E-state index contributed by atoms with van der Waals surface area (Å²) in [6, 6.07) is 13.5. The molecule has 29 heavy (non-hydrogen) atoms. The Balaban J connectivity index is 2.33. The van der Waals surface area contributed by atoms with Gasteiger partial charge in [-0.3, -0.25) is 0 Å². The van der Waals surface area contributed by atoms with Gasteiger partial charge >= 0.3 is 6.18 Å². The van der Waals surface area contributed by atoms with Crippen LogP contribution in [0.4, 0.5) is 13.2 Å². The van der Waals surface area contributed by atoms with Crippen molar-refractivity contribution in [1.29, 1.82) is 0 Å². The monoisotopic (exact) mass is 400 g/mol. The fourth-order valence-electron chi connectivity index (χ4n) is 3.18. The van der Waals surface area contributed by atoms with Crippen molar-refractivity contribution in [3.05, 3.63) is 76.9 Å². The van der Waals surface area contributed by atoms with Gasteiger partial charge in [-0.2, -0.15) is 13.2 Å². The lowest BCUT2D eigenvalue weighted by molar-refractivity contribution is -0.137. The number of hydrogen-bond donors (Lipinski definition) is 3. The van der Waals surface area contributed by atoms with E-state index in [9.17, 15) is 18.3 Å². The number of nitrogens with zero attached hydrogens (tertiary/aromatic N) is 1. The van der Waals surface area contributed by atoms with Gasteiger partial charge in [0.15, 0.2) is 5.84 Å². The lowest BCUT2D eigenvalue weighted by Crippen LogP contribution is -2.13. The molecule has 3 aromatic carbocycles. The van der Waals surface area contributed by atoms with E-state index in [0.717, 1.165) is 28.8 Å². The molecule has 7 heteroatoms. The minimum atomic E-state index is -4.51. The number of benzene rings is 3. The number of rotatable bonds is 3. The van der Waals surface area contributed by atoms with Crippen LogP contribution < -0.4 is 5.73 Å². The Kier molecular flexibility index (Phi) is 5.24.